The SMILES string of the molecule is CC(C(=O)O)N(C)C(=O)C1CCNc2ccccc21. The predicted octanol–water partition coefficient (Wildman–Crippen LogP) is 1.52. The maximum atomic E-state index is 12.4. The van der Waals surface area contributed by atoms with Gasteiger partial charge in [-0.2, -0.15) is 0 Å². The Hall–Kier alpha value is -2.04. The van der Waals surface area contributed by atoms with Crippen molar-refractivity contribution in [2.75, 3.05) is 18.9 Å². The fourth-order valence-electron chi connectivity index (χ4n) is 2.33. The van der Waals surface area contributed by atoms with Gasteiger partial charge in [-0.05, 0) is 25.0 Å². The third kappa shape index (κ3) is 2.54. The summed E-state index contributed by atoms with van der Waals surface area (Å²) in [6.45, 7) is 2.25. The van der Waals surface area contributed by atoms with Gasteiger partial charge in [-0.15, -0.1) is 0 Å². The van der Waals surface area contributed by atoms with Crippen molar-refractivity contribution in [3.8, 4) is 0 Å². The molecule has 2 atom stereocenters. The van der Waals surface area contributed by atoms with Gasteiger partial charge in [0, 0.05) is 19.3 Å². The number of carbonyl (C=O) groups is 2. The van der Waals surface area contributed by atoms with Crippen LogP contribution in [0.25, 0.3) is 0 Å². The van der Waals surface area contributed by atoms with E-state index in [0.29, 0.717) is 6.42 Å². The Kier molecular flexibility index (Phi) is 3.74. The van der Waals surface area contributed by atoms with Gasteiger partial charge in [-0.1, -0.05) is 18.2 Å². The molecule has 0 fully saturated rings. The van der Waals surface area contributed by atoms with Crippen molar-refractivity contribution in [1.82, 2.24) is 4.90 Å². The van der Waals surface area contributed by atoms with Crippen molar-refractivity contribution in [3.05, 3.63) is 29.8 Å². The number of fused-ring (bicyclic) bond motifs is 1. The molecule has 0 bridgehead atoms. The van der Waals surface area contributed by atoms with Crippen LogP contribution >= 0.6 is 0 Å². The summed E-state index contributed by atoms with van der Waals surface area (Å²) in [4.78, 5) is 24.7. The predicted molar refractivity (Wildman–Crippen MR) is 72.2 cm³/mol. The highest BCUT2D eigenvalue weighted by molar-refractivity contribution is 5.89. The number of hydrogen-bond donors (Lipinski definition) is 2. The van der Waals surface area contributed by atoms with Crippen LogP contribution in [0.5, 0.6) is 0 Å². The molecule has 0 aromatic heterocycles. The lowest BCUT2D eigenvalue weighted by atomic mass is 9.89. The number of para-hydroxylation sites is 1. The van der Waals surface area contributed by atoms with E-state index < -0.39 is 12.0 Å². The van der Waals surface area contributed by atoms with Crippen molar-refractivity contribution in [1.29, 1.82) is 0 Å². The number of carboxylic acids is 1. The molecule has 0 radical (unpaired) electrons. The van der Waals surface area contributed by atoms with Crippen LogP contribution in [0.3, 0.4) is 0 Å². The molecule has 1 aromatic carbocycles. The lowest BCUT2D eigenvalue weighted by Gasteiger charge is -2.31. The van der Waals surface area contributed by atoms with E-state index in [2.05, 4.69) is 5.32 Å². The Morgan fingerprint density at radius 2 is 2.11 bits per heavy atom. The van der Waals surface area contributed by atoms with E-state index in [-0.39, 0.29) is 11.8 Å². The van der Waals surface area contributed by atoms with Gasteiger partial charge in [-0.3, -0.25) is 4.79 Å². The number of likely N-dealkylation sites (N-methyl/N-ethyl adjacent to an activating group) is 1. The van der Waals surface area contributed by atoms with E-state index >= 15 is 0 Å². The van der Waals surface area contributed by atoms with Crippen LogP contribution in [-0.4, -0.2) is 41.5 Å². The molecule has 1 aliphatic rings. The number of benzene rings is 1. The monoisotopic (exact) mass is 262 g/mol. The second-order valence-corrected chi connectivity index (χ2v) is 4.82. The van der Waals surface area contributed by atoms with Gasteiger partial charge in [0.25, 0.3) is 0 Å². The first-order chi connectivity index (χ1) is 9.02. The molecule has 0 saturated heterocycles. The molecule has 102 valence electrons. The van der Waals surface area contributed by atoms with Crippen molar-refractivity contribution < 1.29 is 14.7 Å². The van der Waals surface area contributed by atoms with Gasteiger partial charge in [0.15, 0.2) is 0 Å². The van der Waals surface area contributed by atoms with Crippen LogP contribution in [-0.2, 0) is 9.59 Å². The van der Waals surface area contributed by atoms with Crippen molar-refractivity contribution >= 4 is 17.6 Å². The van der Waals surface area contributed by atoms with Crippen LogP contribution in [0.4, 0.5) is 5.69 Å². The van der Waals surface area contributed by atoms with Crippen molar-refractivity contribution in [2.24, 2.45) is 0 Å². The maximum Gasteiger partial charge on any atom is 0.326 e. The van der Waals surface area contributed by atoms with E-state index in [1.807, 2.05) is 24.3 Å². The Labute approximate surface area is 112 Å². The summed E-state index contributed by atoms with van der Waals surface area (Å²) in [5.41, 5.74) is 1.91. The number of anilines is 1. The zero-order valence-electron chi connectivity index (χ0n) is 11.1. The average Bonchev–Trinajstić information content (AvgIpc) is 2.44. The topological polar surface area (TPSA) is 69.6 Å². The quantitative estimate of drug-likeness (QED) is 0.866. The summed E-state index contributed by atoms with van der Waals surface area (Å²) in [6, 6.07) is 6.86. The van der Waals surface area contributed by atoms with Gasteiger partial charge in [0.1, 0.15) is 6.04 Å². The molecule has 1 aromatic rings. The minimum atomic E-state index is -0.988. The maximum absolute atomic E-state index is 12.4. The molecule has 1 aliphatic heterocycles. The lowest BCUT2D eigenvalue weighted by Crippen LogP contribution is -2.43. The van der Waals surface area contributed by atoms with Gasteiger partial charge in [0.05, 0.1) is 5.92 Å². The first kappa shape index (κ1) is 13.4. The molecule has 2 unspecified atom stereocenters. The van der Waals surface area contributed by atoms with Gasteiger partial charge >= 0.3 is 5.97 Å². The summed E-state index contributed by atoms with van der Waals surface area (Å²) in [6.07, 6.45) is 0.687. The van der Waals surface area contributed by atoms with Crippen LogP contribution in [0, 0.1) is 0 Å². The van der Waals surface area contributed by atoms with E-state index in [0.717, 1.165) is 17.8 Å². The fourth-order valence-corrected chi connectivity index (χ4v) is 2.33. The Balaban J connectivity index is 2.24. The number of nitrogens with zero attached hydrogens (tertiary/aromatic N) is 1. The number of nitrogens with one attached hydrogen (secondary N) is 1. The van der Waals surface area contributed by atoms with E-state index in [1.54, 1.807) is 7.05 Å². The minimum Gasteiger partial charge on any atom is -0.480 e. The number of aliphatic carboxylic acids is 1. The van der Waals surface area contributed by atoms with E-state index in [4.69, 9.17) is 5.11 Å². The highest BCUT2D eigenvalue weighted by Crippen LogP contribution is 2.32. The summed E-state index contributed by atoms with van der Waals surface area (Å²) in [5, 5.41) is 12.2. The Morgan fingerprint density at radius 1 is 1.42 bits per heavy atom. The zero-order valence-corrected chi connectivity index (χ0v) is 11.1. The largest absolute Gasteiger partial charge is 0.480 e. The second kappa shape index (κ2) is 5.30. The molecule has 5 nitrogen and oxygen atoms in total. The number of hydrogen-bond acceptors (Lipinski definition) is 3. The van der Waals surface area contributed by atoms with Crippen molar-refractivity contribution in [2.45, 2.75) is 25.3 Å². The molecular formula is C14H18N2O3. The number of rotatable bonds is 3. The molecule has 2 N–H and O–H groups in total. The molecule has 1 heterocycles. The Morgan fingerprint density at radius 3 is 2.79 bits per heavy atom. The first-order valence-corrected chi connectivity index (χ1v) is 6.34. The molecule has 0 saturated carbocycles. The first-order valence-electron chi connectivity index (χ1n) is 6.34. The molecule has 1 amide bonds. The van der Waals surface area contributed by atoms with Crippen molar-refractivity contribution in [3.63, 3.8) is 0 Å². The summed E-state index contributed by atoms with van der Waals surface area (Å²) in [5.74, 6) is -1.38. The van der Waals surface area contributed by atoms with E-state index in [9.17, 15) is 9.59 Å². The second-order valence-electron chi connectivity index (χ2n) is 4.82. The number of amides is 1. The van der Waals surface area contributed by atoms with E-state index in [1.165, 1.54) is 11.8 Å². The Bertz CT molecular complexity index is 501. The molecule has 19 heavy (non-hydrogen) atoms. The van der Waals surface area contributed by atoms with Crippen LogP contribution < -0.4 is 5.32 Å². The summed E-state index contributed by atoms with van der Waals surface area (Å²) >= 11 is 0. The number of carbonyl (C=O) groups excluding carboxylic acids is 1. The lowest BCUT2D eigenvalue weighted by molar-refractivity contribution is -0.148. The minimum absolute atomic E-state index is 0.135. The van der Waals surface area contributed by atoms with Gasteiger partial charge in [-0.25, -0.2) is 4.79 Å². The molecular weight excluding hydrogens is 244 g/mol. The number of carboxylic acid groups (broad SMARTS) is 1. The van der Waals surface area contributed by atoms with Gasteiger partial charge < -0.3 is 15.3 Å². The molecule has 5 heteroatoms. The van der Waals surface area contributed by atoms with Crippen LogP contribution in [0.15, 0.2) is 24.3 Å². The normalized spacial score (nSPS) is 18.9. The summed E-state index contributed by atoms with van der Waals surface area (Å²) in [7, 11) is 1.55. The van der Waals surface area contributed by atoms with Gasteiger partial charge in [0.2, 0.25) is 5.91 Å². The standard InChI is InChI=1S/C14H18N2O3/c1-9(14(18)19)16(2)13(17)11-7-8-15-12-6-4-3-5-10(11)12/h3-6,9,11,15H,7-8H2,1-2H3,(H,18,19). The molecule has 0 spiro atoms. The van der Waals surface area contributed by atoms with Crippen LogP contribution in [0.2, 0.25) is 0 Å². The van der Waals surface area contributed by atoms with Crippen LogP contribution in [0.1, 0.15) is 24.8 Å². The highest BCUT2D eigenvalue weighted by Gasteiger charge is 2.31. The fraction of sp³-hybridized carbons (Fsp3) is 0.429. The smallest absolute Gasteiger partial charge is 0.326 e. The third-order valence-electron chi connectivity index (χ3n) is 3.67. The zero-order chi connectivity index (χ0) is 14.0. The third-order valence-corrected chi connectivity index (χ3v) is 3.67. The highest BCUT2D eigenvalue weighted by atomic mass is 16.4. The molecule has 0 aliphatic carbocycles. The molecule has 2 rings (SSSR count). The summed E-state index contributed by atoms with van der Waals surface area (Å²) < 4.78 is 0. The average molecular weight is 262 g/mol.